The summed E-state index contributed by atoms with van der Waals surface area (Å²) < 4.78 is 13.7. The highest BCUT2D eigenvalue weighted by Crippen LogP contribution is 2.30. The van der Waals surface area contributed by atoms with E-state index in [1.807, 2.05) is 23.1 Å². The molecule has 0 bridgehead atoms. The number of nitrogens with zero attached hydrogens (tertiary/aromatic N) is 4. The summed E-state index contributed by atoms with van der Waals surface area (Å²) in [7, 11) is 0. The predicted octanol–water partition coefficient (Wildman–Crippen LogP) is 3.86. The summed E-state index contributed by atoms with van der Waals surface area (Å²) >= 11 is 0. The lowest BCUT2D eigenvalue weighted by atomic mass is 9.92. The maximum absolute atomic E-state index is 13.7. The van der Waals surface area contributed by atoms with E-state index < -0.39 is 5.54 Å². The Kier molecular flexibility index (Phi) is 6.14. The van der Waals surface area contributed by atoms with Crippen molar-refractivity contribution in [2.75, 3.05) is 18.4 Å². The predicted molar refractivity (Wildman–Crippen MR) is 122 cm³/mol. The van der Waals surface area contributed by atoms with Gasteiger partial charge in [0.25, 0.3) is 0 Å². The molecule has 1 aromatic carbocycles. The molecule has 1 amide bonds. The number of amides is 1. The fourth-order valence-electron chi connectivity index (χ4n) is 3.89. The van der Waals surface area contributed by atoms with Crippen LogP contribution in [0, 0.1) is 5.82 Å². The molecule has 0 spiro atoms. The second-order valence-electron chi connectivity index (χ2n) is 8.69. The second-order valence-corrected chi connectivity index (χ2v) is 8.69. The van der Waals surface area contributed by atoms with Gasteiger partial charge in [0.05, 0.1) is 11.2 Å². The summed E-state index contributed by atoms with van der Waals surface area (Å²) in [5.74, 6) is 0.727. The molecule has 1 aliphatic rings. The maximum atomic E-state index is 13.7. The highest BCUT2D eigenvalue weighted by molar-refractivity contribution is 5.85. The van der Waals surface area contributed by atoms with Crippen LogP contribution >= 0.6 is 0 Å². The lowest BCUT2D eigenvalue weighted by Crippen LogP contribution is -2.53. The lowest BCUT2D eigenvalue weighted by Gasteiger charge is -2.36. The Labute approximate surface area is 186 Å². The average Bonchev–Trinajstić information content (AvgIpc) is 2.78. The van der Waals surface area contributed by atoms with Crippen molar-refractivity contribution in [3.05, 3.63) is 66.4 Å². The Morgan fingerprint density at radius 2 is 2.06 bits per heavy atom. The Bertz CT molecular complexity index is 1100. The van der Waals surface area contributed by atoms with Crippen LogP contribution < -0.4 is 11.1 Å². The van der Waals surface area contributed by atoms with E-state index in [1.165, 1.54) is 12.1 Å². The third-order valence-corrected chi connectivity index (χ3v) is 5.44. The highest BCUT2D eigenvalue weighted by atomic mass is 19.1. The highest BCUT2D eigenvalue weighted by Gasteiger charge is 2.32. The van der Waals surface area contributed by atoms with Crippen LogP contribution in [0.1, 0.15) is 38.3 Å². The molecule has 3 N–H and O–H groups in total. The van der Waals surface area contributed by atoms with E-state index in [0.29, 0.717) is 30.4 Å². The molecule has 0 unspecified atom stereocenters. The van der Waals surface area contributed by atoms with Crippen molar-refractivity contribution in [2.45, 2.75) is 38.1 Å². The van der Waals surface area contributed by atoms with E-state index in [1.54, 1.807) is 38.4 Å². The third kappa shape index (κ3) is 5.08. The van der Waals surface area contributed by atoms with E-state index in [-0.39, 0.29) is 17.6 Å². The van der Waals surface area contributed by atoms with Crippen molar-refractivity contribution in [3.8, 4) is 11.4 Å². The van der Waals surface area contributed by atoms with Gasteiger partial charge in [0.1, 0.15) is 11.6 Å². The summed E-state index contributed by atoms with van der Waals surface area (Å²) in [4.78, 5) is 28.2. The van der Waals surface area contributed by atoms with Crippen LogP contribution in [-0.4, -0.2) is 44.4 Å². The Hall–Kier alpha value is -3.39. The number of likely N-dealkylation sites (tertiary alicyclic amines) is 1. The minimum absolute atomic E-state index is 0.0431. The zero-order chi connectivity index (χ0) is 22.7. The standard InChI is InChI=1S/C24H27FN6O/c1-24(2,26)23(32)31-11-5-7-17(15-31)20-13-21(28-19-9-3-8-18(25)12-19)30-22(29-20)16-6-4-10-27-14-16/h3-4,6,8-10,12-14,17H,5,7,11,15,26H2,1-2H3,(H,28,29,30)/t17-/m0/s1. The zero-order valence-electron chi connectivity index (χ0n) is 18.3. The molecule has 166 valence electrons. The number of pyridine rings is 1. The summed E-state index contributed by atoms with van der Waals surface area (Å²) in [6, 6.07) is 11.8. The minimum atomic E-state index is -0.918. The first-order chi connectivity index (χ1) is 15.3. The van der Waals surface area contributed by atoms with Gasteiger partial charge >= 0.3 is 0 Å². The molecule has 3 heterocycles. The first-order valence-corrected chi connectivity index (χ1v) is 10.7. The fourth-order valence-corrected chi connectivity index (χ4v) is 3.89. The first kappa shape index (κ1) is 21.8. The number of hydrogen-bond acceptors (Lipinski definition) is 6. The molecular formula is C24H27FN6O. The Morgan fingerprint density at radius 1 is 1.22 bits per heavy atom. The second kappa shape index (κ2) is 9.00. The molecule has 1 aliphatic heterocycles. The van der Waals surface area contributed by atoms with Crippen molar-refractivity contribution < 1.29 is 9.18 Å². The molecule has 0 saturated carbocycles. The van der Waals surface area contributed by atoms with E-state index in [4.69, 9.17) is 10.7 Å². The Balaban J connectivity index is 1.68. The van der Waals surface area contributed by atoms with Gasteiger partial charge in [-0.05, 0) is 57.0 Å². The van der Waals surface area contributed by atoms with Crippen LogP contribution in [0.4, 0.5) is 15.9 Å². The molecule has 32 heavy (non-hydrogen) atoms. The van der Waals surface area contributed by atoms with Crippen molar-refractivity contribution >= 4 is 17.4 Å². The summed E-state index contributed by atoms with van der Waals surface area (Å²) in [5.41, 5.74) is 7.33. The van der Waals surface area contributed by atoms with Gasteiger partial charge in [0.2, 0.25) is 5.91 Å². The maximum Gasteiger partial charge on any atom is 0.242 e. The molecule has 0 aliphatic carbocycles. The van der Waals surface area contributed by atoms with Crippen LogP contribution in [0.2, 0.25) is 0 Å². The number of rotatable bonds is 5. The number of carbonyl (C=O) groups excluding carboxylic acids is 1. The number of carbonyl (C=O) groups is 1. The molecule has 7 nitrogen and oxygen atoms in total. The number of nitrogens with two attached hydrogens (primary N) is 1. The summed E-state index contributed by atoms with van der Waals surface area (Å²) in [5, 5.41) is 3.18. The lowest BCUT2D eigenvalue weighted by molar-refractivity contribution is -0.137. The van der Waals surface area contributed by atoms with E-state index in [9.17, 15) is 9.18 Å². The topological polar surface area (TPSA) is 97.0 Å². The first-order valence-electron chi connectivity index (χ1n) is 10.7. The van der Waals surface area contributed by atoms with Gasteiger partial charge in [0, 0.05) is 48.7 Å². The third-order valence-electron chi connectivity index (χ3n) is 5.44. The molecule has 8 heteroatoms. The van der Waals surface area contributed by atoms with Crippen molar-refractivity contribution in [3.63, 3.8) is 0 Å². The van der Waals surface area contributed by atoms with Crippen molar-refractivity contribution in [1.29, 1.82) is 0 Å². The van der Waals surface area contributed by atoms with Gasteiger partial charge in [-0.3, -0.25) is 9.78 Å². The number of hydrogen-bond donors (Lipinski definition) is 2. The monoisotopic (exact) mass is 434 g/mol. The van der Waals surface area contributed by atoms with Crippen LogP contribution in [0.25, 0.3) is 11.4 Å². The molecule has 3 aromatic rings. The van der Waals surface area contributed by atoms with Crippen molar-refractivity contribution in [1.82, 2.24) is 19.9 Å². The van der Waals surface area contributed by atoms with Crippen LogP contribution in [-0.2, 0) is 4.79 Å². The smallest absolute Gasteiger partial charge is 0.242 e. The zero-order valence-corrected chi connectivity index (χ0v) is 18.3. The van der Waals surface area contributed by atoms with Gasteiger partial charge in [-0.2, -0.15) is 0 Å². The quantitative estimate of drug-likeness (QED) is 0.633. The van der Waals surface area contributed by atoms with Gasteiger partial charge in [-0.15, -0.1) is 0 Å². The van der Waals surface area contributed by atoms with E-state index >= 15 is 0 Å². The molecule has 1 atom stereocenters. The van der Waals surface area contributed by atoms with Crippen LogP contribution in [0.3, 0.4) is 0 Å². The van der Waals surface area contributed by atoms with Gasteiger partial charge in [-0.25, -0.2) is 14.4 Å². The number of anilines is 2. The van der Waals surface area contributed by atoms with Gasteiger partial charge < -0.3 is 16.0 Å². The summed E-state index contributed by atoms with van der Waals surface area (Å²) in [6.07, 6.45) is 5.17. The van der Waals surface area contributed by atoms with E-state index in [2.05, 4.69) is 15.3 Å². The number of aromatic nitrogens is 3. The number of benzene rings is 1. The molecule has 4 rings (SSSR count). The van der Waals surface area contributed by atoms with Gasteiger partial charge in [-0.1, -0.05) is 6.07 Å². The summed E-state index contributed by atoms with van der Waals surface area (Å²) in [6.45, 7) is 4.68. The van der Waals surface area contributed by atoms with E-state index in [0.717, 1.165) is 24.1 Å². The minimum Gasteiger partial charge on any atom is -0.340 e. The normalized spacial score (nSPS) is 16.6. The number of nitrogens with one attached hydrogen (secondary N) is 1. The van der Waals surface area contributed by atoms with Crippen LogP contribution in [0.15, 0.2) is 54.9 Å². The fraction of sp³-hybridized carbons (Fsp3) is 0.333. The molecular weight excluding hydrogens is 407 g/mol. The average molecular weight is 435 g/mol. The van der Waals surface area contributed by atoms with Crippen LogP contribution in [0.5, 0.6) is 0 Å². The largest absolute Gasteiger partial charge is 0.340 e. The number of halogens is 1. The Morgan fingerprint density at radius 3 is 2.78 bits per heavy atom. The van der Waals surface area contributed by atoms with Gasteiger partial charge in [0.15, 0.2) is 5.82 Å². The molecule has 1 fully saturated rings. The SMILES string of the molecule is CC(C)(N)C(=O)N1CCC[C@H](c2cc(Nc3cccc(F)c3)nc(-c3cccnc3)n2)C1. The number of piperidine rings is 1. The molecule has 0 radical (unpaired) electrons. The van der Waals surface area contributed by atoms with Crippen molar-refractivity contribution in [2.24, 2.45) is 5.73 Å². The molecule has 2 aromatic heterocycles. The molecule has 1 saturated heterocycles.